The van der Waals surface area contributed by atoms with Gasteiger partial charge in [-0.25, -0.2) is 0 Å². The Labute approximate surface area is 105 Å². The molecule has 2 N–H and O–H groups in total. The number of aryl methyl sites for hydroxylation is 1. The number of nitrogens with zero attached hydrogens (tertiary/aromatic N) is 3. The Hall–Kier alpha value is -1.72. The van der Waals surface area contributed by atoms with Crippen LogP contribution in [0.25, 0.3) is 5.69 Å². The monoisotopic (exact) mass is 244 g/mol. The van der Waals surface area contributed by atoms with Crippen molar-refractivity contribution in [2.45, 2.75) is 25.5 Å². The van der Waals surface area contributed by atoms with Crippen LogP contribution in [0.1, 0.15) is 24.1 Å². The molecule has 5 nitrogen and oxygen atoms in total. The van der Waals surface area contributed by atoms with E-state index in [0.717, 1.165) is 17.3 Å². The molecule has 1 aromatic heterocycles. The second kappa shape index (κ2) is 4.51. The van der Waals surface area contributed by atoms with Crippen LogP contribution in [-0.2, 0) is 0 Å². The normalized spacial score (nSPS) is 23.4. The van der Waals surface area contributed by atoms with Crippen molar-refractivity contribution in [3.05, 3.63) is 42.0 Å². The fraction of sp³-hybridized carbons (Fsp3) is 0.385. The number of hydrogen-bond donors (Lipinski definition) is 2. The van der Waals surface area contributed by atoms with Crippen LogP contribution in [0.5, 0.6) is 0 Å². The van der Waals surface area contributed by atoms with Crippen molar-refractivity contribution < 1.29 is 5.11 Å². The van der Waals surface area contributed by atoms with Crippen LogP contribution in [0.15, 0.2) is 30.3 Å². The van der Waals surface area contributed by atoms with E-state index in [9.17, 15) is 5.11 Å². The van der Waals surface area contributed by atoms with Crippen molar-refractivity contribution in [2.24, 2.45) is 0 Å². The molecule has 18 heavy (non-hydrogen) atoms. The van der Waals surface area contributed by atoms with E-state index >= 15 is 0 Å². The zero-order valence-corrected chi connectivity index (χ0v) is 10.2. The largest absolute Gasteiger partial charge is 0.392 e. The molecule has 2 aromatic rings. The molecule has 0 aliphatic carbocycles. The molecule has 1 fully saturated rings. The molecule has 94 valence electrons. The maximum atomic E-state index is 9.61. The van der Waals surface area contributed by atoms with E-state index < -0.39 is 0 Å². The van der Waals surface area contributed by atoms with Gasteiger partial charge in [0.15, 0.2) is 5.82 Å². The first kappa shape index (κ1) is 11.4. The summed E-state index contributed by atoms with van der Waals surface area (Å²) < 4.78 is 2.04. The maximum Gasteiger partial charge on any atom is 0.154 e. The smallest absolute Gasteiger partial charge is 0.154 e. The zero-order valence-electron chi connectivity index (χ0n) is 10.2. The third kappa shape index (κ3) is 1.91. The molecule has 0 unspecified atom stereocenters. The van der Waals surface area contributed by atoms with Crippen LogP contribution in [0.2, 0.25) is 0 Å². The van der Waals surface area contributed by atoms with Crippen molar-refractivity contribution >= 4 is 0 Å². The molecule has 1 saturated heterocycles. The summed E-state index contributed by atoms with van der Waals surface area (Å²) in [5.41, 5.74) is 1.05. The number of benzene rings is 1. The van der Waals surface area contributed by atoms with E-state index in [0.29, 0.717) is 13.0 Å². The van der Waals surface area contributed by atoms with Crippen LogP contribution in [-0.4, -0.2) is 32.5 Å². The molecule has 0 bridgehead atoms. The molecular weight excluding hydrogens is 228 g/mol. The first-order chi connectivity index (χ1) is 8.75. The highest BCUT2D eigenvalue weighted by Gasteiger charge is 2.28. The lowest BCUT2D eigenvalue weighted by molar-refractivity contribution is 0.193. The van der Waals surface area contributed by atoms with Crippen LogP contribution in [0.4, 0.5) is 0 Å². The highest BCUT2D eigenvalue weighted by Crippen LogP contribution is 2.24. The van der Waals surface area contributed by atoms with Crippen molar-refractivity contribution in [1.82, 2.24) is 20.1 Å². The Morgan fingerprint density at radius 2 is 2.06 bits per heavy atom. The van der Waals surface area contributed by atoms with Crippen molar-refractivity contribution in [1.29, 1.82) is 0 Å². The van der Waals surface area contributed by atoms with E-state index in [1.807, 2.05) is 41.8 Å². The number of aliphatic hydroxyl groups excluding tert-OH is 1. The van der Waals surface area contributed by atoms with E-state index in [1.165, 1.54) is 0 Å². The van der Waals surface area contributed by atoms with E-state index in [1.54, 1.807) is 0 Å². The molecule has 0 amide bonds. The molecule has 0 spiro atoms. The number of para-hydroxylation sites is 1. The van der Waals surface area contributed by atoms with E-state index in [-0.39, 0.29) is 12.1 Å². The summed E-state index contributed by atoms with van der Waals surface area (Å²) >= 11 is 0. The van der Waals surface area contributed by atoms with Gasteiger partial charge >= 0.3 is 0 Å². The zero-order chi connectivity index (χ0) is 12.5. The summed E-state index contributed by atoms with van der Waals surface area (Å²) in [6.07, 6.45) is 0.390. The Morgan fingerprint density at radius 3 is 2.72 bits per heavy atom. The molecule has 1 aromatic carbocycles. The van der Waals surface area contributed by atoms with Crippen LogP contribution in [0, 0.1) is 6.92 Å². The number of rotatable bonds is 2. The first-order valence-electron chi connectivity index (χ1n) is 6.14. The van der Waals surface area contributed by atoms with Gasteiger partial charge in [-0.3, -0.25) is 4.57 Å². The van der Waals surface area contributed by atoms with E-state index in [2.05, 4.69) is 15.5 Å². The number of nitrogens with one attached hydrogen (secondary N) is 1. The van der Waals surface area contributed by atoms with Crippen LogP contribution >= 0.6 is 0 Å². The lowest BCUT2D eigenvalue weighted by Gasteiger charge is -2.13. The summed E-state index contributed by atoms with van der Waals surface area (Å²) in [5.74, 6) is 1.73. The van der Waals surface area contributed by atoms with Gasteiger partial charge < -0.3 is 10.4 Å². The summed E-state index contributed by atoms with van der Waals surface area (Å²) in [6, 6.07) is 10.1. The number of β-amino-alcohol motifs (C(OH)–C–C–N with tert-alkyl or cyclic N) is 1. The fourth-order valence-electron chi connectivity index (χ4n) is 2.41. The van der Waals surface area contributed by atoms with Crippen molar-refractivity contribution in [3.63, 3.8) is 0 Å². The highest BCUT2D eigenvalue weighted by molar-refractivity contribution is 5.34. The van der Waals surface area contributed by atoms with Gasteiger partial charge in [0.25, 0.3) is 0 Å². The minimum absolute atomic E-state index is 0.0707. The fourth-order valence-corrected chi connectivity index (χ4v) is 2.41. The van der Waals surface area contributed by atoms with Crippen molar-refractivity contribution in [2.75, 3.05) is 6.54 Å². The average Bonchev–Trinajstić information content (AvgIpc) is 2.96. The Bertz CT molecular complexity index is 537. The molecule has 1 aliphatic rings. The van der Waals surface area contributed by atoms with Gasteiger partial charge in [0.05, 0.1) is 12.1 Å². The summed E-state index contributed by atoms with van der Waals surface area (Å²) in [6.45, 7) is 2.56. The number of aliphatic hydroxyl groups is 1. The summed E-state index contributed by atoms with van der Waals surface area (Å²) in [4.78, 5) is 0. The Morgan fingerprint density at radius 1 is 1.28 bits per heavy atom. The molecular formula is C13H16N4O. The van der Waals surface area contributed by atoms with Gasteiger partial charge in [-0.15, -0.1) is 10.2 Å². The molecule has 1 aliphatic heterocycles. The molecule has 5 heteroatoms. The average molecular weight is 244 g/mol. The second-order valence-electron chi connectivity index (χ2n) is 4.63. The standard InChI is InChI=1S/C13H16N4O/c1-9-15-16-13(12-7-11(18)8-14-12)17(9)10-5-3-2-4-6-10/h2-6,11-12,14,18H,7-8H2,1H3/t11-,12-/m1/s1. The first-order valence-corrected chi connectivity index (χ1v) is 6.14. The minimum Gasteiger partial charge on any atom is -0.392 e. The van der Waals surface area contributed by atoms with Gasteiger partial charge in [0.2, 0.25) is 0 Å². The predicted octanol–water partition coefficient (Wildman–Crippen LogP) is 0.971. The minimum atomic E-state index is -0.295. The van der Waals surface area contributed by atoms with Gasteiger partial charge in [-0.05, 0) is 25.5 Å². The summed E-state index contributed by atoms with van der Waals surface area (Å²) in [5, 5.41) is 21.3. The highest BCUT2D eigenvalue weighted by atomic mass is 16.3. The third-order valence-electron chi connectivity index (χ3n) is 3.28. The number of aromatic nitrogens is 3. The molecule has 2 atom stereocenters. The van der Waals surface area contributed by atoms with Gasteiger partial charge in [0, 0.05) is 12.2 Å². The van der Waals surface area contributed by atoms with Crippen LogP contribution < -0.4 is 5.32 Å². The molecule has 3 rings (SSSR count). The quantitative estimate of drug-likeness (QED) is 0.826. The Balaban J connectivity index is 2.02. The SMILES string of the molecule is Cc1nnc([C@H]2C[C@@H](O)CN2)n1-c1ccccc1. The van der Waals surface area contributed by atoms with Crippen molar-refractivity contribution in [3.8, 4) is 5.69 Å². The lowest BCUT2D eigenvalue weighted by atomic mass is 10.2. The lowest BCUT2D eigenvalue weighted by Crippen LogP contribution is -2.18. The molecule has 0 saturated carbocycles. The Kier molecular flexibility index (Phi) is 2.85. The molecule has 2 heterocycles. The maximum absolute atomic E-state index is 9.61. The van der Waals surface area contributed by atoms with Gasteiger partial charge in [0.1, 0.15) is 5.82 Å². The second-order valence-corrected chi connectivity index (χ2v) is 4.63. The van der Waals surface area contributed by atoms with E-state index in [4.69, 9.17) is 0 Å². The molecule has 0 radical (unpaired) electrons. The third-order valence-corrected chi connectivity index (χ3v) is 3.28. The van der Waals surface area contributed by atoms with Gasteiger partial charge in [-0.2, -0.15) is 0 Å². The topological polar surface area (TPSA) is 63.0 Å². The number of hydrogen-bond acceptors (Lipinski definition) is 4. The summed E-state index contributed by atoms with van der Waals surface area (Å²) in [7, 11) is 0. The van der Waals surface area contributed by atoms with Gasteiger partial charge in [-0.1, -0.05) is 18.2 Å². The van der Waals surface area contributed by atoms with Crippen LogP contribution in [0.3, 0.4) is 0 Å². The predicted molar refractivity (Wildman–Crippen MR) is 67.5 cm³/mol.